The van der Waals surface area contributed by atoms with Crippen molar-refractivity contribution >= 4 is 17.2 Å². The number of carbonyl (C=O) groups excluding carboxylic acids is 1. The maximum atomic E-state index is 12.4. The quantitative estimate of drug-likeness (QED) is 0.689. The van der Waals surface area contributed by atoms with Crippen LogP contribution in [0.4, 0.5) is 0 Å². The van der Waals surface area contributed by atoms with Gasteiger partial charge in [0.05, 0.1) is 16.1 Å². The average Bonchev–Trinajstić information content (AvgIpc) is 3.12. The first-order valence-corrected chi connectivity index (χ1v) is 7.32. The summed E-state index contributed by atoms with van der Waals surface area (Å²) >= 11 is 1.59. The molecule has 20 heavy (non-hydrogen) atoms. The number of rotatable bonds is 1. The Hall–Kier alpha value is -2.27. The molecule has 0 atom stereocenters. The maximum Gasteiger partial charge on any atom is 0.278 e. The van der Waals surface area contributed by atoms with Crippen LogP contribution < -0.4 is 0 Å². The molecular weight excluding hydrogens is 270 g/mol. The molecule has 0 spiro atoms. The van der Waals surface area contributed by atoms with E-state index in [1.165, 1.54) is 4.68 Å². The number of hydrogen-bond acceptors (Lipinski definition) is 4. The fourth-order valence-electron chi connectivity index (χ4n) is 2.49. The molecule has 0 saturated carbocycles. The van der Waals surface area contributed by atoms with Gasteiger partial charge in [0.25, 0.3) is 5.91 Å². The average molecular weight is 281 g/mol. The number of fused-ring (bicyclic) bond motifs is 3. The van der Waals surface area contributed by atoms with Crippen LogP contribution in [-0.2, 0) is 12.8 Å². The second-order valence-electron chi connectivity index (χ2n) is 4.75. The van der Waals surface area contributed by atoms with E-state index in [1.807, 2.05) is 29.9 Å². The fraction of sp³-hybridized carbons (Fsp3) is 0.133. The molecular formula is C15H11N3OS. The van der Waals surface area contributed by atoms with E-state index in [2.05, 4.69) is 10.1 Å². The van der Waals surface area contributed by atoms with E-state index in [-0.39, 0.29) is 5.91 Å². The molecule has 0 saturated heterocycles. The van der Waals surface area contributed by atoms with E-state index >= 15 is 0 Å². The van der Waals surface area contributed by atoms with Gasteiger partial charge in [0.1, 0.15) is 5.69 Å². The SMILES string of the molecule is O=C(c1ccccc1)n1cc2c(n1)-c1scnc1CC2. The lowest BCUT2D eigenvalue weighted by Gasteiger charge is -2.07. The minimum absolute atomic E-state index is 0.0916. The predicted octanol–water partition coefficient (Wildman–Crippen LogP) is 2.79. The van der Waals surface area contributed by atoms with Crippen molar-refractivity contribution in [1.82, 2.24) is 14.8 Å². The summed E-state index contributed by atoms with van der Waals surface area (Å²) in [5.41, 5.74) is 5.64. The number of aromatic nitrogens is 3. The summed E-state index contributed by atoms with van der Waals surface area (Å²) in [5, 5.41) is 4.48. The van der Waals surface area contributed by atoms with Gasteiger partial charge in [-0.05, 0) is 30.5 Å². The molecule has 4 nitrogen and oxygen atoms in total. The third-order valence-corrected chi connectivity index (χ3v) is 4.38. The molecule has 3 aromatic rings. The van der Waals surface area contributed by atoms with Crippen LogP contribution in [0, 0.1) is 0 Å². The van der Waals surface area contributed by atoms with Crippen LogP contribution in [0.3, 0.4) is 0 Å². The van der Waals surface area contributed by atoms with Crippen LogP contribution >= 0.6 is 11.3 Å². The second-order valence-corrected chi connectivity index (χ2v) is 5.60. The number of benzene rings is 1. The number of aryl methyl sites for hydroxylation is 2. The highest BCUT2D eigenvalue weighted by atomic mass is 32.1. The maximum absolute atomic E-state index is 12.4. The van der Waals surface area contributed by atoms with E-state index in [0.717, 1.165) is 34.7 Å². The highest BCUT2D eigenvalue weighted by Gasteiger charge is 2.23. The lowest BCUT2D eigenvalue weighted by Crippen LogP contribution is -2.12. The minimum atomic E-state index is -0.0916. The van der Waals surface area contributed by atoms with Crippen LogP contribution in [0.15, 0.2) is 42.0 Å². The summed E-state index contributed by atoms with van der Waals surface area (Å²) in [7, 11) is 0. The molecule has 1 aliphatic carbocycles. The Bertz CT molecular complexity index is 789. The number of carbonyl (C=O) groups is 1. The van der Waals surface area contributed by atoms with E-state index < -0.39 is 0 Å². The standard InChI is InChI=1S/C15H11N3OS/c19-15(10-4-2-1-3-5-10)18-8-11-6-7-12-14(13(11)17-18)20-9-16-12/h1-5,8-9H,6-7H2. The summed E-state index contributed by atoms with van der Waals surface area (Å²) in [5.74, 6) is -0.0916. The smallest absolute Gasteiger partial charge is 0.267 e. The van der Waals surface area contributed by atoms with E-state index in [4.69, 9.17) is 0 Å². The number of hydrogen-bond donors (Lipinski definition) is 0. The van der Waals surface area contributed by atoms with Gasteiger partial charge in [0, 0.05) is 11.8 Å². The van der Waals surface area contributed by atoms with Crippen molar-refractivity contribution in [2.75, 3.05) is 0 Å². The van der Waals surface area contributed by atoms with Crippen molar-refractivity contribution in [3.8, 4) is 10.6 Å². The van der Waals surface area contributed by atoms with Gasteiger partial charge >= 0.3 is 0 Å². The molecule has 0 aliphatic heterocycles. The first-order valence-electron chi connectivity index (χ1n) is 6.44. The van der Waals surface area contributed by atoms with Gasteiger partial charge in [-0.1, -0.05) is 18.2 Å². The van der Waals surface area contributed by atoms with Gasteiger partial charge in [0.15, 0.2) is 0 Å². The van der Waals surface area contributed by atoms with Crippen LogP contribution in [0.5, 0.6) is 0 Å². The Kier molecular flexibility index (Phi) is 2.53. The molecule has 0 fully saturated rings. The van der Waals surface area contributed by atoms with Gasteiger partial charge in [-0.15, -0.1) is 11.3 Å². The van der Waals surface area contributed by atoms with Gasteiger partial charge in [-0.3, -0.25) is 4.79 Å². The van der Waals surface area contributed by atoms with Gasteiger partial charge in [0.2, 0.25) is 0 Å². The largest absolute Gasteiger partial charge is 0.278 e. The zero-order valence-electron chi connectivity index (χ0n) is 10.6. The van der Waals surface area contributed by atoms with Crippen LogP contribution in [0.1, 0.15) is 21.6 Å². The van der Waals surface area contributed by atoms with Crippen molar-refractivity contribution in [2.45, 2.75) is 12.8 Å². The molecule has 0 bridgehead atoms. The molecule has 0 radical (unpaired) electrons. The zero-order valence-corrected chi connectivity index (χ0v) is 11.4. The molecule has 5 heteroatoms. The molecule has 2 heterocycles. The third kappa shape index (κ3) is 1.71. The van der Waals surface area contributed by atoms with Crippen molar-refractivity contribution in [3.05, 3.63) is 58.9 Å². The molecule has 1 aromatic carbocycles. The second kappa shape index (κ2) is 4.38. The molecule has 4 rings (SSSR count). The Morgan fingerprint density at radius 1 is 1.20 bits per heavy atom. The molecule has 1 aliphatic rings. The molecule has 0 amide bonds. The minimum Gasteiger partial charge on any atom is -0.267 e. The van der Waals surface area contributed by atoms with Crippen molar-refractivity contribution < 1.29 is 4.79 Å². The normalized spacial score (nSPS) is 12.8. The summed E-state index contributed by atoms with van der Waals surface area (Å²) in [6.07, 6.45) is 3.68. The van der Waals surface area contributed by atoms with Crippen molar-refractivity contribution in [1.29, 1.82) is 0 Å². The Morgan fingerprint density at radius 3 is 2.90 bits per heavy atom. The van der Waals surface area contributed by atoms with Crippen molar-refractivity contribution in [3.63, 3.8) is 0 Å². The molecule has 0 N–H and O–H groups in total. The summed E-state index contributed by atoms with van der Waals surface area (Å²) in [6.45, 7) is 0. The summed E-state index contributed by atoms with van der Waals surface area (Å²) in [6, 6.07) is 9.23. The van der Waals surface area contributed by atoms with Crippen LogP contribution in [0.25, 0.3) is 10.6 Å². The van der Waals surface area contributed by atoms with E-state index in [1.54, 1.807) is 23.5 Å². The highest BCUT2D eigenvalue weighted by Crippen LogP contribution is 2.34. The van der Waals surface area contributed by atoms with Crippen molar-refractivity contribution in [2.24, 2.45) is 0 Å². The lowest BCUT2D eigenvalue weighted by atomic mass is 10.0. The Labute approximate surface area is 119 Å². The third-order valence-electron chi connectivity index (χ3n) is 3.51. The number of nitrogens with zero attached hydrogens (tertiary/aromatic N) is 3. The van der Waals surface area contributed by atoms with Gasteiger partial charge in [-0.2, -0.15) is 5.10 Å². The first kappa shape index (κ1) is 11.5. The molecule has 98 valence electrons. The lowest BCUT2D eigenvalue weighted by molar-refractivity contribution is 0.0945. The highest BCUT2D eigenvalue weighted by molar-refractivity contribution is 7.13. The monoisotopic (exact) mass is 281 g/mol. The number of thiazole rings is 1. The molecule has 2 aromatic heterocycles. The van der Waals surface area contributed by atoms with Crippen LogP contribution in [-0.4, -0.2) is 20.7 Å². The van der Waals surface area contributed by atoms with Gasteiger partial charge in [-0.25, -0.2) is 9.67 Å². The Balaban J connectivity index is 1.78. The van der Waals surface area contributed by atoms with E-state index in [0.29, 0.717) is 5.56 Å². The fourth-order valence-corrected chi connectivity index (χ4v) is 3.35. The van der Waals surface area contributed by atoms with E-state index in [9.17, 15) is 4.79 Å². The summed E-state index contributed by atoms with van der Waals surface area (Å²) < 4.78 is 1.45. The topological polar surface area (TPSA) is 47.8 Å². The summed E-state index contributed by atoms with van der Waals surface area (Å²) in [4.78, 5) is 17.9. The Morgan fingerprint density at radius 2 is 2.05 bits per heavy atom. The first-order chi connectivity index (χ1) is 9.83. The predicted molar refractivity (Wildman–Crippen MR) is 76.9 cm³/mol. The van der Waals surface area contributed by atoms with Gasteiger partial charge < -0.3 is 0 Å². The van der Waals surface area contributed by atoms with Crippen LogP contribution in [0.2, 0.25) is 0 Å². The zero-order chi connectivity index (χ0) is 13.5. The molecule has 0 unspecified atom stereocenters.